The summed E-state index contributed by atoms with van der Waals surface area (Å²) in [5.41, 5.74) is 6.43. The second kappa shape index (κ2) is 5.34. The van der Waals surface area contributed by atoms with E-state index in [0.29, 0.717) is 0 Å². The average Bonchev–Trinajstić information content (AvgIpc) is 3.18. The maximum atomic E-state index is 5.19. The topological polar surface area (TPSA) is 75.8 Å². The predicted molar refractivity (Wildman–Crippen MR) is 84.6 cm³/mol. The molecule has 1 aliphatic heterocycles. The summed E-state index contributed by atoms with van der Waals surface area (Å²) in [7, 11) is 2.00. The molecule has 0 fully saturated rings. The van der Waals surface area contributed by atoms with E-state index in [1.807, 2.05) is 31.6 Å². The molecule has 0 unspecified atom stereocenters. The minimum Gasteiger partial charge on any atom is -0.361 e. The van der Waals surface area contributed by atoms with Gasteiger partial charge in [0.25, 0.3) is 0 Å². The van der Waals surface area contributed by atoms with Crippen molar-refractivity contribution in [3.63, 3.8) is 0 Å². The van der Waals surface area contributed by atoms with Crippen molar-refractivity contribution in [3.05, 3.63) is 40.5 Å². The highest BCUT2D eigenvalue weighted by Crippen LogP contribution is 2.28. The van der Waals surface area contributed by atoms with Gasteiger partial charge in [0.1, 0.15) is 17.1 Å². The number of hydrogen-bond donors (Lipinski definition) is 1. The summed E-state index contributed by atoms with van der Waals surface area (Å²) in [5, 5.41) is 16.1. The van der Waals surface area contributed by atoms with Crippen molar-refractivity contribution in [1.82, 2.24) is 30.0 Å². The van der Waals surface area contributed by atoms with Gasteiger partial charge in [-0.05, 0) is 19.9 Å². The van der Waals surface area contributed by atoms with Gasteiger partial charge in [0.05, 0.1) is 11.4 Å². The fraction of sp³-hybridized carbons (Fsp3) is 0.438. The van der Waals surface area contributed by atoms with Crippen LogP contribution in [0.2, 0.25) is 0 Å². The molecule has 3 aromatic rings. The van der Waals surface area contributed by atoms with Gasteiger partial charge in [-0.25, -0.2) is 0 Å². The fourth-order valence-corrected chi connectivity index (χ4v) is 3.22. The van der Waals surface area contributed by atoms with Crippen LogP contribution in [0.25, 0.3) is 11.4 Å². The van der Waals surface area contributed by atoms with E-state index in [2.05, 4.69) is 31.4 Å². The van der Waals surface area contributed by atoms with Gasteiger partial charge in [-0.15, -0.1) is 0 Å². The molecule has 0 atom stereocenters. The first-order valence-electron chi connectivity index (χ1n) is 7.82. The van der Waals surface area contributed by atoms with Gasteiger partial charge in [-0.1, -0.05) is 5.16 Å². The third kappa shape index (κ3) is 2.57. The molecule has 0 bridgehead atoms. The van der Waals surface area contributed by atoms with Gasteiger partial charge in [0, 0.05) is 50.4 Å². The number of hydrogen-bond acceptors (Lipinski definition) is 5. The molecule has 3 aromatic heterocycles. The Kier molecular flexibility index (Phi) is 3.30. The van der Waals surface area contributed by atoms with Crippen molar-refractivity contribution in [2.75, 3.05) is 6.54 Å². The van der Waals surface area contributed by atoms with E-state index in [1.165, 1.54) is 17.0 Å². The molecular weight excluding hydrogens is 292 g/mol. The van der Waals surface area contributed by atoms with Crippen molar-refractivity contribution in [1.29, 1.82) is 0 Å². The molecule has 7 heteroatoms. The molecule has 0 radical (unpaired) electrons. The summed E-state index contributed by atoms with van der Waals surface area (Å²) in [6.07, 6.45) is 0.968. The largest absolute Gasteiger partial charge is 0.361 e. The van der Waals surface area contributed by atoms with Crippen molar-refractivity contribution >= 4 is 0 Å². The molecule has 0 saturated carbocycles. The molecule has 0 saturated heterocycles. The number of rotatable bonds is 3. The van der Waals surface area contributed by atoms with Crippen LogP contribution < -0.4 is 0 Å². The van der Waals surface area contributed by atoms with Gasteiger partial charge in [0.2, 0.25) is 0 Å². The molecule has 0 aromatic carbocycles. The smallest absolute Gasteiger partial charge is 0.134 e. The van der Waals surface area contributed by atoms with Crippen LogP contribution >= 0.6 is 0 Å². The van der Waals surface area contributed by atoms with Crippen LogP contribution in [0, 0.1) is 13.8 Å². The number of fused-ring (bicyclic) bond motifs is 1. The zero-order chi connectivity index (χ0) is 16.0. The molecule has 4 heterocycles. The minimum atomic E-state index is 0.801. The molecule has 0 amide bonds. The molecule has 0 spiro atoms. The van der Waals surface area contributed by atoms with Crippen LogP contribution in [0.5, 0.6) is 0 Å². The lowest BCUT2D eigenvalue weighted by Gasteiger charge is -2.26. The second-order valence-corrected chi connectivity index (χ2v) is 6.21. The zero-order valence-corrected chi connectivity index (χ0v) is 13.6. The van der Waals surface area contributed by atoms with E-state index in [4.69, 9.17) is 4.52 Å². The average molecular weight is 312 g/mol. The van der Waals surface area contributed by atoms with E-state index in [1.54, 1.807) is 0 Å². The molecule has 4 rings (SSSR count). The lowest BCUT2D eigenvalue weighted by atomic mass is 10.0. The number of H-pyrrole nitrogens is 1. The summed E-state index contributed by atoms with van der Waals surface area (Å²) in [6.45, 7) is 6.68. The minimum absolute atomic E-state index is 0.801. The second-order valence-electron chi connectivity index (χ2n) is 6.21. The zero-order valence-electron chi connectivity index (χ0n) is 13.6. The van der Waals surface area contributed by atoms with Crippen LogP contribution in [0.1, 0.15) is 28.4 Å². The number of aromatic amines is 1. The Morgan fingerprint density at radius 1 is 1.30 bits per heavy atom. The molecular formula is C16H20N6O. The number of aryl methyl sites for hydroxylation is 3. The summed E-state index contributed by atoms with van der Waals surface area (Å²) in [4.78, 5) is 2.42. The first-order chi connectivity index (χ1) is 11.1. The summed E-state index contributed by atoms with van der Waals surface area (Å²) >= 11 is 0. The molecule has 120 valence electrons. The standard InChI is InChI=1S/C16H20N6O/c1-10-6-12(21(3)19-10)8-22-5-4-14-13(9-22)16(18-17-14)15-7-11(2)23-20-15/h6-7H,4-5,8-9H2,1-3H3,(H,17,18). The van der Waals surface area contributed by atoms with Gasteiger partial charge >= 0.3 is 0 Å². The van der Waals surface area contributed by atoms with Crippen LogP contribution in [0.4, 0.5) is 0 Å². The monoisotopic (exact) mass is 312 g/mol. The summed E-state index contributed by atoms with van der Waals surface area (Å²) in [5.74, 6) is 0.801. The number of nitrogens with one attached hydrogen (secondary N) is 1. The lowest BCUT2D eigenvalue weighted by molar-refractivity contribution is 0.238. The first kappa shape index (κ1) is 14.2. The van der Waals surface area contributed by atoms with E-state index in [0.717, 1.165) is 48.9 Å². The van der Waals surface area contributed by atoms with Gasteiger partial charge < -0.3 is 4.52 Å². The van der Waals surface area contributed by atoms with E-state index >= 15 is 0 Å². The lowest BCUT2D eigenvalue weighted by Crippen LogP contribution is -2.30. The van der Waals surface area contributed by atoms with Crippen molar-refractivity contribution in [2.24, 2.45) is 7.05 Å². The maximum absolute atomic E-state index is 5.19. The summed E-state index contributed by atoms with van der Waals surface area (Å²) in [6, 6.07) is 4.08. The van der Waals surface area contributed by atoms with Crippen molar-refractivity contribution < 1.29 is 4.52 Å². The highest BCUT2D eigenvalue weighted by atomic mass is 16.5. The quantitative estimate of drug-likeness (QED) is 0.800. The molecule has 1 aliphatic rings. The summed E-state index contributed by atoms with van der Waals surface area (Å²) < 4.78 is 7.15. The predicted octanol–water partition coefficient (Wildman–Crippen LogP) is 1.97. The van der Waals surface area contributed by atoms with Crippen LogP contribution in [0.15, 0.2) is 16.7 Å². The van der Waals surface area contributed by atoms with Crippen molar-refractivity contribution in [2.45, 2.75) is 33.4 Å². The molecule has 7 nitrogen and oxygen atoms in total. The SMILES string of the molecule is Cc1cc(CN2CCc3[nH]nc(-c4cc(C)on4)c3C2)n(C)n1. The third-order valence-corrected chi connectivity index (χ3v) is 4.37. The molecule has 1 N–H and O–H groups in total. The van der Waals surface area contributed by atoms with Crippen LogP contribution in [-0.4, -0.2) is 36.6 Å². The van der Waals surface area contributed by atoms with E-state index in [-0.39, 0.29) is 0 Å². The Balaban J connectivity index is 1.59. The van der Waals surface area contributed by atoms with Crippen LogP contribution in [0.3, 0.4) is 0 Å². The Hall–Kier alpha value is -2.41. The Labute approximate surface area is 134 Å². The van der Waals surface area contributed by atoms with Gasteiger partial charge in [0.15, 0.2) is 0 Å². The third-order valence-electron chi connectivity index (χ3n) is 4.37. The maximum Gasteiger partial charge on any atom is 0.134 e. The first-order valence-corrected chi connectivity index (χ1v) is 7.82. The normalized spacial score (nSPS) is 15.1. The van der Waals surface area contributed by atoms with Gasteiger partial charge in [-0.3, -0.25) is 14.7 Å². The Morgan fingerprint density at radius 3 is 2.87 bits per heavy atom. The Morgan fingerprint density at radius 2 is 2.17 bits per heavy atom. The number of nitrogens with zero attached hydrogens (tertiary/aromatic N) is 5. The molecule has 23 heavy (non-hydrogen) atoms. The number of aromatic nitrogens is 5. The van der Waals surface area contributed by atoms with Crippen molar-refractivity contribution in [3.8, 4) is 11.4 Å². The molecule has 0 aliphatic carbocycles. The van der Waals surface area contributed by atoms with E-state index in [9.17, 15) is 0 Å². The van der Waals surface area contributed by atoms with Gasteiger partial charge in [-0.2, -0.15) is 10.2 Å². The van der Waals surface area contributed by atoms with E-state index < -0.39 is 0 Å². The highest BCUT2D eigenvalue weighted by molar-refractivity contribution is 5.60. The fourth-order valence-electron chi connectivity index (χ4n) is 3.22. The van der Waals surface area contributed by atoms with Crippen LogP contribution in [-0.2, 0) is 26.6 Å². The Bertz CT molecular complexity index is 843. The highest BCUT2D eigenvalue weighted by Gasteiger charge is 2.24.